The molecule has 0 aliphatic rings. The van der Waals surface area contributed by atoms with E-state index in [1.807, 2.05) is 0 Å². The van der Waals surface area contributed by atoms with Gasteiger partial charge in [0.1, 0.15) is 12.2 Å². The molecule has 0 amide bonds. The molecule has 8 nitrogen and oxygen atoms in total. The highest BCUT2D eigenvalue weighted by molar-refractivity contribution is 5.66. The first kappa shape index (κ1) is 11.0. The zero-order valence-electron chi connectivity index (χ0n) is 8.82. The van der Waals surface area contributed by atoms with Crippen LogP contribution in [0, 0.1) is 0 Å². The van der Waals surface area contributed by atoms with Crippen molar-refractivity contribution in [1.82, 2.24) is 25.0 Å². The lowest BCUT2D eigenvalue weighted by atomic mass is 10.5. The molecule has 0 unspecified atom stereocenters. The smallest absolute Gasteiger partial charge is 0.325 e. The number of aliphatic carboxylic acids is 1. The summed E-state index contributed by atoms with van der Waals surface area (Å²) in [6.45, 7) is 0.193. The summed E-state index contributed by atoms with van der Waals surface area (Å²) in [6, 6.07) is 1.72. The minimum atomic E-state index is -0.958. The van der Waals surface area contributed by atoms with Gasteiger partial charge in [0, 0.05) is 12.4 Å². The monoisotopic (exact) mass is 234 g/mol. The largest absolute Gasteiger partial charge is 0.480 e. The van der Waals surface area contributed by atoms with E-state index < -0.39 is 5.97 Å². The Morgan fingerprint density at radius 2 is 2.18 bits per heavy atom. The van der Waals surface area contributed by atoms with E-state index in [2.05, 4.69) is 25.6 Å². The SMILES string of the molecule is O=C(O)Cn1cc(CNc2ncccn2)nn1. The van der Waals surface area contributed by atoms with Gasteiger partial charge in [0.05, 0.1) is 12.7 Å². The Hall–Kier alpha value is -2.51. The van der Waals surface area contributed by atoms with Gasteiger partial charge < -0.3 is 10.4 Å². The average Bonchev–Trinajstić information content (AvgIpc) is 2.75. The highest BCUT2D eigenvalue weighted by atomic mass is 16.4. The number of anilines is 1. The third-order valence-electron chi connectivity index (χ3n) is 1.88. The van der Waals surface area contributed by atoms with E-state index in [1.165, 1.54) is 4.68 Å². The summed E-state index contributed by atoms with van der Waals surface area (Å²) in [4.78, 5) is 18.4. The third-order valence-corrected chi connectivity index (χ3v) is 1.88. The lowest BCUT2D eigenvalue weighted by Crippen LogP contribution is -2.09. The topological polar surface area (TPSA) is 106 Å². The quantitative estimate of drug-likeness (QED) is 0.735. The van der Waals surface area contributed by atoms with Crippen LogP contribution in [0.5, 0.6) is 0 Å². The number of carboxylic acids is 1. The van der Waals surface area contributed by atoms with Gasteiger partial charge in [-0.1, -0.05) is 5.21 Å². The van der Waals surface area contributed by atoms with Crippen molar-refractivity contribution in [1.29, 1.82) is 0 Å². The summed E-state index contributed by atoms with van der Waals surface area (Å²) in [5, 5.41) is 19.0. The van der Waals surface area contributed by atoms with Crippen molar-refractivity contribution in [2.24, 2.45) is 0 Å². The van der Waals surface area contributed by atoms with Crippen LogP contribution in [0.3, 0.4) is 0 Å². The molecule has 0 saturated heterocycles. The molecule has 2 rings (SSSR count). The van der Waals surface area contributed by atoms with Crippen molar-refractivity contribution < 1.29 is 9.90 Å². The molecule has 0 fully saturated rings. The van der Waals surface area contributed by atoms with Crippen molar-refractivity contribution in [2.45, 2.75) is 13.1 Å². The number of rotatable bonds is 5. The van der Waals surface area contributed by atoms with Crippen molar-refractivity contribution >= 4 is 11.9 Å². The van der Waals surface area contributed by atoms with Crippen LogP contribution in [0.2, 0.25) is 0 Å². The van der Waals surface area contributed by atoms with E-state index >= 15 is 0 Å². The average molecular weight is 234 g/mol. The van der Waals surface area contributed by atoms with Gasteiger partial charge in [-0.3, -0.25) is 4.79 Å². The summed E-state index contributed by atoms with van der Waals surface area (Å²) >= 11 is 0. The van der Waals surface area contributed by atoms with Crippen LogP contribution in [0.1, 0.15) is 5.69 Å². The van der Waals surface area contributed by atoms with Crippen LogP contribution in [0.4, 0.5) is 5.95 Å². The number of hydrogen-bond acceptors (Lipinski definition) is 6. The molecule has 2 aromatic heterocycles. The second-order valence-electron chi connectivity index (χ2n) is 3.23. The van der Waals surface area contributed by atoms with Gasteiger partial charge in [-0.25, -0.2) is 14.6 Å². The van der Waals surface area contributed by atoms with E-state index in [1.54, 1.807) is 24.7 Å². The maximum atomic E-state index is 10.4. The van der Waals surface area contributed by atoms with Gasteiger partial charge in [0.15, 0.2) is 0 Å². The van der Waals surface area contributed by atoms with Gasteiger partial charge in [-0.05, 0) is 6.07 Å². The maximum Gasteiger partial charge on any atom is 0.325 e. The minimum Gasteiger partial charge on any atom is -0.480 e. The van der Waals surface area contributed by atoms with Gasteiger partial charge in [0.25, 0.3) is 0 Å². The first-order valence-electron chi connectivity index (χ1n) is 4.86. The molecule has 0 aliphatic heterocycles. The highest BCUT2D eigenvalue weighted by Gasteiger charge is 2.04. The van der Waals surface area contributed by atoms with E-state index in [4.69, 9.17) is 5.11 Å². The normalized spacial score (nSPS) is 10.1. The Bertz CT molecular complexity index is 497. The van der Waals surface area contributed by atoms with Crippen molar-refractivity contribution in [3.8, 4) is 0 Å². The molecule has 8 heteroatoms. The number of nitrogens with zero attached hydrogens (tertiary/aromatic N) is 5. The Labute approximate surface area is 96.3 Å². The molecule has 2 aromatic rings. The molecule has 0 radical (unpaired) electrons. The number of carboxylic acid groups (broad SMARTS) is 1. The second kappa shape index (κ2) is 5.01. The fourth-order valence-electron chi connectivity index (χ4n) is 1.20. The molecule has 88 valence electrons. The molecule has 0 aromatic carbocycles. The van der Waals surface area contributed by atoms with Gasteiger partial charge in [-0.15, -0.1) is 5.10 Å². The molecule has 2 N–H and O–H groups in total. The summed E-state index contributed by atoms with van der Waals surface area (Å²) < 4.78 is 1.26. The Morgan fingerprint density at radius 3 is 2.88 bits per heavy atom. The van der Waals surface area contributed by atoms with Crippen LogP contribution in [0.15, 0.2) is 24.7 Å². The standard InChI is InChI=1S/C9H10N6O2/c16-8(17)6-15-5-7(13-14-15)4-12-9-10-2-1-3-11-9/h1-3,5H,4,6H2,(H,16,17)(H,10,11,12). The first-order chi connectivity index (χ1) is 8.24. The van der Waals surface area contributed by atoms with E-state index in [0.717, 1.165) is 0 Å². The molecule has 17 heavy (non-hydrogen) atoms. The molecular weight excluding hydrogens is 224 g/mol. The highest BCUT2D eigenvalue weighted by Crippen LogP contribution is 1.99. The van der Waals surface area contributed by atoms with Crippen molar-refractivity contribution in [2.75, 3.05) is 5.32 Å². The fraction of sp³-hybridized carbons (Fsp3) is 0.222. The van der Waals surface area contributed by atoms with E-state index in [9.17, 15) is 4.79 Å². The number of aromatic nitrogens is 5. The van der Waals surface area contributed by atoms with Crippen molar-refractivity contribution in [3.05, 3.63) is 30.4 Å². The number of nitrogens with one attached hydrogen (secondary N) is 1. The summed E-state index contributed by atoms with van der Waals surface area (Å²) in [7, 11) is 0. The lowest BCUT2D eigenvalue weighted by Gasteiger charge is -1.99. The zero-order chi connectivity index (χ0) is 12.1. The Kier molecular flexibility index (Phi) is 3.24. The molecule has 0 bridgehead atoms. The molecular formula is C9H10N6O2. The van der Waals surface area contributed by atoms with E-state index in [-0.39, 0.29) is 6.54 Å². The summed E-state index contributed by atoms with van der Waals surface area (Å²) in [5.41, 5.74) is 0.624. The van der Waals surface area contributed by atoms with Crippen LogP contribution < -0.4 is 5.32 Å². The maximum absolute atomic E-state index is 10.4. The Balaban J connectivity index is 1.91. The number of carbonyl (C=O) groups is 1. The predicted octanol–water partition coefficient (Wildman–Crippen LogP) is -0.235. The van der Waals surface area contributed by atoms with Gasteiger partial charge in [-0.2, -0.15) is 0 Å². The van der Waals surface area contributed by atoms with Gasteiger partial charge in [0.2, 0.25) is 5.95 Å². The van der Waals surface area contributed by atoms with Crippen LogP contribution in [-0.2, 0) is 17.9 Å². The zero-order valence-corrected chi connectivity index (χ0v) is 8.82. The predicted molar refractivity (Wildman–Crippen MR) is 57.0 cm³/mol. The second-order valence-corrected chi connectivity index (χ2v) is 3.23. The first-order valence-corrected chi connectivity index (χ1v) is 4.86. The molecule has 0 atom stereocenters. The van der Waals surface area contributed by atoms with Gasteiger partial charge >= 0.3 is 5.97 Å². The summed E-state index contributed by atoms with van der Waals surface area (Å²) in [6.07, 6.45) is 4.80. The number of hydrogen-bond donors (Lipinski definition) is 2. The molecule has 0 spiro atoms. The fourth-order valence-corrected chi connectivity index (χ4v) is 1.20. The van der Waals surface area contributed by atoms with Crippen LogP contribution in [-0.4, -0.2) is 36.0 Å². The lowest BCUT2D eigenvalue weighted by molar-refractivity contribution is -0.137. The summed E-state index contributed by atoms with van der Waals surface area (Å²) in [5.74, 6) is -0.471. The minimum absolute atomic E-state index is 0.200. The van der Waals surface area contributed by atoms with Crippen molar-refractivity contribution in [3.63, 3.8) is 0 Å². The molecule has 0 saturated carbocycles. The van der Waals surface area contributed by atoms with E-state index in [0.29, 0.717) is 18.2 Å². The molecule has 0 aliphatic carbocycles. The van der Waals surface area contributed by atoms with Crippen LogP contribution >= 0.6 is 0 Å². The third kappa shape index (κ3) is 3.23. The van der Waals surface area contributed by atoms with Crippen LogP contribution in [0.25, 0.3) is 0 Å². The molecule has 2 heterocycles. The Morgan fingerprint density at radius 1 is 1.41 bits per heavy atom.